The van der Waals surface area contributed by atoms with Gasteiger partial charge in [-0.15, -0.1) is 0 Å². The minimum Gasteiger partial charge on any atom is -0.310 e. The SMILES string of the molecule is CC1CCCC(CNC(C)c2ccc(Br)cc2F)C1. The summed E-state index contributed by atoms with van der Waals surface area (Å²) in [5.74, 6) is 1.47. The molecule has 3 atom stereocenters. The van der Waals surface area contributed by atoms with Gasteiger partial charge in [-0.25, -0.2) is 4.39 Å². The van der Waals surface area contributed by atoms with Crippen LogP contribution in [0.1, 0.15) is 51.1 Å². The summed E-state index contributed by atoms with van der Waals surface area (Å²) in [6, 6.07) is 5.38. The van der Waals surface area contributed by atoms with Crippen LogP contribution < -0.4 is 5.32 Å². The number of nitrogens with one attached hydrogen (secondary N) is 1. The molecule has 0 aliphatic heterocycles. The number of halogens is 2. The minimum atomic E-state index is -0.133. The van der Waals surface area contributed by atoms with Gasteiger partial charge in [-0.1, -0.05) is 41.8 Å². The van der Waals surface area contributed by atoms with Crippen molar-refractivity contribution >= 4 is 15.9 Å². The van der Waals surface area contributed by atoms with Gasteiger partial charge in [0.15, 0.2) is 0 Å². The average Bonchev–Trinajstić information content (AvgIpc) is 2.36. The van der Waals surface area contributed by atoms with Gasteiger partial charge in [0.05, 0.1) is 0 Å². The van der Waals surface area contributed by atoms with Crippen molar-refractivity contribution in [1.82, 2.24) is 5.32 Å². The lowest BCUT2D eigenvalue weighted by atomic mass is 9.82. The molecule has 1 aromatic carbocycles. The first-order valence-corrected chi connectivity index (χ1v) is 8.04. The fraction of sp³-hybridized carbons (Fsp3) is 0.625. The largest absolute Gasteiger partial charge is 0.310 e. The predicted octanol–water partition coefficient (Wildman–Crippen LogP) is 5.07. The van der Waals surface area contributed by atoms with E-state index in [1.54, 1.807) is 0 Å². The molecule has 2 rings (SSSR count). The van der Waals surface area contributed by atoms with Crippen molar-refractivity contribution in [1.29, 1.82) is 0 Å². The van der Waals surface area contributed by atoms with Crippen molar-refractivity contribution < 1.29 is 4.39 Å². The van der Waals surface area contributed by atoms with Crippen LogP contribution in [0, 0.1) is 17.7 Å². The van der Waals surface area contributed by atoms with Gasteiger partial charge in [-0.05, 0) is 50.3 Å². The molecule has 0 radical (unpaired) electrons. The Balaban J connectivity index is 1.88. The van der Waals surface area contributed by atoms with E-state index < -0.39 is 0 Å². The number of rotatable bonds is 4. The second kappa shape index (κ2) is 6.85. The molecule has 0 spiro atoms. The van der Waals surface area contributed by atoms with Gasteiger partial charge in [0.25, 0.3) is 0 Å². The van der Waals surface area contributed by atoms with E-state index in [4.69, 9.17) is 0 Å². The summed E-state index contributed by atoms with van der Waals surface area (Å²) in [7, 11) is 0. The summed E-state index contributed by atoms with van der Waals surface area (Å²) in [5, 5.41) is 3.49. The Labute approximate surface area is 124 Å². The van der Waals surface area contributed by atoms with Crippen molar-refractivity contribution in [2.45, 2.75) is 45.6 Å². The molecular weight excluding hydrogens is 305 g/mol. The summed E-state index contributed by atoms with van der Waals surface area (Å²) in [5.41, 5.74) is 0.757. The Morgan fingerprint density at radius 2 is 2.21 bits per heavy atom. The van der Waals surface area contributed by atoms with Crippen LogP contribution in [-0.4, -0.2) is 6.54 Å². The normalized spacial score (nSPS) is 25.3. The molecule has 106 valence electrons. The molecule has 0 heterocycles. The predicted molar refractivity (Wildman–Crippen MR) is 81.6 cm³/mol. The van der Waals surface area contributed by atoms with E-state index in [1.165, 1.54) is 31.7 Å². The van der Waals surface area contributed by atoms with Crippen molar-refractivity contribution in [2.75, 3.05) is 6.54 Å². The zero-order chi connectivity index (χ0) is 13.8. The van der Waals surface area contributed by atoms with Crippen LogP contribution in [-0.2, 0) is 0 Å². The molecule has 3 unspecified atom stereocenters. The van der Waals surface area contributed by atoms with Crippen LogP contribution in [0.3, 0.4) is 0 Å². The van der Waals surface area contributed by atoms with E-state index in [9.17, 15) is 4.39 Å². The summed E-state index contributed by atoms with van der Waals surface area (Å²) < 4.78 is 14.7. The lowest BCUT2D eigenvalue weighted by Gasteiger charge is -2.28. The molecule has 1 nitrogen and oxygen atoms in total. The summed E-state index contributed by atoms with van der Waals surface area (Å²) in [6.45, 7) is 5.38. The van der Waals surface area contributed by atoms with Crippen molar-refractivity contribution in [3.8, 4) is 0 Å². The fourth-order valence-corrected chi connectivity index (χ4v) is 3.38. The maximum atomic E-state index is 13.9. The molecule has 0 amide bonds. The lowest BCUT2D eigenvalue weighted by molar-refractivity contribution is 0.268. The molecule has 0 bridgehead atoms. The second-order valence-electron chi connectivity index (χ2n) is 5.93. The second-order valence-corrected chi connectivity index (χ2v) is 6.85. The van der Waals surface area contributed by atoms with Crippen LogP contribution in [0.5, 0.6) is 0 Å². The van der Waals surface area contributed by atoms with Gasteiger partial charge in [0.2, 0.25) is 0 Å². The monoisotopic (exact) mass is 327 g/mol. The van der Waals surface area contributed by atoms with Gasteiger partial charge in [0, 0.05) is 16.1 Å². The Morgan fingerprint density at radius 3 is 2.89 bits per heavy atom. The zero-order valence-corrected chi connectivity index (χ0v) is 13.3. The molecule has 19 heavy (non-hydrogen) atoms. The third kappa shape index (κ3) is 4.28. The first-order chi connectivity index (χ1) is 9.06. The van der Waals surface area contributed by atoms with Gasteiger partial charge in [-0.2, -0.15) is 0 Å². The zero-order valence-electron chi connectivity index (χ0n) is 11.8. The smallest absolute Gasteiger partial charge is 0.129 e. The van der Waals surface area contributed by atoms with E-state index in [2.05, 4.69) is 28.2 Å². The molecule has 1 aromatic rings. The maximum Gasteiger partial charge on any atom is 0.129 e. The third-order valence-corrected chi connectivity index (χ3v) is 4.68. The van der Waals surface area contributed by atoms with Crippen molar-refractivity contribution in [2.24, 2.45) is 11.8 Å². The Kier molecular flexibility index (Phi) is 5.40. The van der Waals surface area contributed by atoms with Gasteiger partial charge in [0.1, 0.15) is 5.82 Å². The summed E-state index contributed by atoms with van der Waals surface area (Å²) in [4.78, 5) is 0. The molecule has 1 fully saturated rings. The standard InChI is InChI=1S/C16H23BrFN/c1-11-4-3-5-13(8-11)10-19-12(2)15-7-6-14(17)9-16(15)18/h6-7,9,11-13,19H,3-5,8,10H2,1-2H3. The highest BCUT2D eigenvalue weighted by Gasteiger charge is 2.20. The first kappa shape index (κ1) is 15.0. The van der Waals surface area contributed by atoms with E-state index in [0.29, 0.717) is 0 Å². The van der Waals surface area contributed by atoms with Crippen LogP contribution in [0.2, 0.25) is 0 Å². The molecule has 0 saturated heterocycles. The van der Waals surface area contributed by atoms with E-state index in [-0.39, 0.29) is 11.9 Å². The Hall–Kier alpha value is -0.410. The topological polar surface area (TPSA) is 12.0 Å². The first-order valence-electron chi connectivity index (χ1n) is 7.24. The van der Waals surface area contributed by atoms with E-state index in [0.717, 1.165) is 28.4 Å². The van der Waals surface area contributed by atoms with E-state index in [1.807, 2.05) is 19.1 Å². The highest BCUT2D eigenvalue weighted by molar-refractivity contribution is 9.10. The molecule has 3 heteroatoms. The number of hydrogen-bond donors (Lipinski definition) is 1. The van der Waals surface area contributed by atoms with Crippen molar-refractivity contribution in [3.63, 3.8) is 0 Å². The maximum absolute atomic E-state index is 13.9. The van der Waals surface area contributed by atoms with Gasteiger partial charge in [-0.3, -0.25) is 0 Å². The van der Waals surface area contributed by atoms with Gasteiger partial charge < -0.3 is 5.32 Å². The highest BCUT2D eigenvalue weighted by Crippen LogP contribution is 2.29. The van der Waals surface area contributed by atoms with Crippen molar-refractivity contribution in [3.05, 3.63) is 34.1 Å². The molecule has 1 aliphatic carbocycles. The summed E-state index contributed by atoms with van der Waals surface area (Å²) >= 11 is 3.29. The minimum absolute atomic E-state index is 0.0744. The van der Waals surface area contributed by atoms with Gasteiger partial charge >= 0.3 is 0 Å². The van der Waals surface area contributed by atoms with Crippen LogP contribution in [0.15, 0.2) is 22.7 Å². The van der Waals surface area contributed by atoms with E-state index >= 15 is 0 Å². The van der Waals surface area contributed by atoms with Crippen LogP contribution in [0.4, 0.5) is 4.39 Å². The lowest BCUT2D eigenvalue weighted by Crippen LogP contribution is -2.29. The molecule has 1 N–H and O–H groups in total. The summed E-state index contributed by atoms with van der Waals surface area (Å²) in [6.07, 6.45) is 5.33. The fourth-order valence-electron chi connectivity index (χ4n) is 3.05. The number of hydrogen-bond acceptors (Lipinski definition) is 1. The Morgan fingerprint density at radius 1 is 1.42 bits per heavy atom. The van der Waals surface area contributed by atoms with Crippen LogP contribution >= 0.6 is 15.9 Å². The van der Waals surface area contributed by atoms with Crippen LogP contribution in [0.25, 0.3) is 0 Å². The molecule has 1 aliphatic rings. The molecule has 0 aromatic heterocycles. The number of benzene rings is 1. The third-order valence-electron chi connectivity index (χ3n) is 4.19. The highest BCUT2D eigenvalue weighted by atomic mass is 79.9. The average molecular weight is 328 g/mol. The quantitative estimate of drug-likeness (QED) is 0.814. The molecule has 1 saturated carbocycles. The molecular formula is C16H23BrFN. The Bertz CT molecular complexity index is 421.